The topological polar surface area (TPSA) is 66.7 Å². The Morgan fingerprint density at radius 2 is 1.89 bits per heavy atom. The van der Waals surface area contributed by atoms with Gasteiger partial charge in [-0.1, -0.05) is 11.6 Å². The fourth-order valence-electron chi connectivity index (χ4n) is 2.65. The molecule has 1 aromatic carbocycles. The molecular weight excluding hydrogens is 491 g/mol. The maximum Gasteiger partial charge on any atom is 0.191 e. The third kappa shape index (κ3) is 7.84. The fraction of sp³-hybridized carbons (Fsp3) is 0.474. The van der Waals surface area contributed by atoms with Crippen molar-refractivity contribution in [3.8, 4) is 5.75 Å². The highest BCUT2D eigenvalue weighted by atomic mass is 127. The van der Waals surface area contributed by atoms with E-state index in [0.29, 0.717) is 18.1 Å². The molecule has 0 saturated heterocycles. The lowest BCUT2D eigenvalue weighted by atomic mass is 10.1. The van der Waals surface area contributed by atoms with E-state index in [0.717, 1.165) is 17.3 Å². The maximum atomic E-state index is 5.90. The van der Waals surface area contributed by atoms with Crippen LogP contribution in [0.4, 0.5) is 0 Å². The minimum Gasteiger partial charge on any atom is -0.489 e. The Hall–Kier alpha value is -1.52. The smallest absolute Gasteiger partial charge is 0.191 e. The molecule has 2 aromatic rings. The average Bonchev–Trinajstić information content (AvgIpc) is 3.05. The fourth-order valence-corrected chi connectivity index (χ4v) is 2.78. The molecule has 2 atom stereocenters. The average molecular weight is 521 g/mol. The van der Waals surface area contributed by atoms with Gasteiger partial charge >= 0.3 is 0 Å². The van der Waals surface area contributed by atoms with E-state index in [1.807, 2.05) is 55.3 Å². The molecular formula is C19H30ClIN6O. The van der Waals surface area contributed by atoms with Gasteiger partial charge in [-0.25, -0.2) is 0 Å². The van der Waals surface area contributed by atoms with Crippen LogP contribution in [0, 0.1) is 0 Å². The Labute approximate surface area is 189 Å². The van der Waals surface area contributed by atoms with Crippen molar-refractivity contribution in [1.29, 1.82) is 0 Å². The molecule has 0 aliphatic rings. The molecule has 0 fully saturated rings. The van der Waals surface area contributed by atoms with Crippen LogP contribution < -0.4 is 15.4 Å². The van der Waals surface area contributed by atoms with Crippen LogP contribution in [0.5, 0.6) is 5.75 Å². The number of halogens is 2. The number of aryl methyl sites for hydroxylation is 1. The number of aromatic nitrogens is 2. The van der Waals surface area contributed by atoms with E-state index >= 15 is 0 Å². The first kappa shape index (κ1) is 24.5. The highest BCUT2D eigenvalue weighted by Gasteiger charge is 2.16. The number of aliphatic imine (C=N–C) groups is 1. The Balaban J connectivity index is 0.00000392. The summed E-state index contributed by atoms with van der Waals surface area (Å²) in [6.45, 7) is 3.35. The summed E-state index contributed by atoms with van der Waals surface area (Å²) in [5, 5.41) is 11.6. The van der Waals surface area contributed by atoms with E-state index in [2.05, 4.69) is 39.7 Å². The second-order valence-corrected chi connectivity index (χ2v) is 7.08. The SMILES string of the molecule is CN=C(NCC(C)Oc1ccc(Cl)cc1)NCC(c1cnn(C)c1)N(C)C.I. The summed E-state index contributed by atoms with van der Waals surface area (Å²) >= 11 is 5.90. The molecule has 2 unspecified atom stereocenters. The number of hydrogen-bond donors (Lipinski definition) is 2. The number of hydrogen-bond acceptors (Lipinski definition) is 4. The van der Waals surface area contributed by atoms with Crippen LogP contribution in [0.3, 0.4) is 0 Å². The molecule has 0 amide bonds. The standard InChI is InChI=1S/C19H29ClN6O.HI/c1-14(27-17-8-6-16(20)7-9-17)10-22-19(21-2)23-12-18(25(3)4)15-11-24-26(5)13-15;/h6-9,11,13-14,18H,10,12H2,1-5H3,(H2,21,22,23);1H. The molecule has 2 rings (SSSR count). The molecule has 0 spiro atoms. The number of rotatable bonds is 8. The minimum atomic E-state index is -0.0207. The number of ether oxygens (including phenoxy) is 1. The van der Waals surface area contributed by atoms with Crippen LogP contribution in [0.25, 0.3) is 0 Å². The van der Waals surface area contributed by atoms with Crippen molar-refractivity contribution in [1.82, 2.24) is 25.3 Å². The summed E-state index contributed by atoms with van der Waals surface area (Å²) < 4.78 is 7.69. The molecule has 0 aliphatic carbocycles. The molecule has 156 valence electrons. The molecule has 0 radical (unpaired) electrons. The second-order valence-electron chi connectivity index (χ2n) is 6.64. The van der Waals surface area contributed by atoms with E-state index in [9.17, 15) is 0 Å². The molecule has 28 heavy (non-hydrogen) atoms. The van der Waals surface area contributed by atoms with Gasteiger partial charge in [0.05, 0.1) is 18.8 Å². The van der Waals surface area contributed by atoms with Crippen molar-refractivity contribution in [2.45, 2.75) is 19.1 Å². The van der Waals surface area contributed by atoms with Crippen molar-refractivity contribution in [3.05, 3.63) is 47.2 Å². The highest BCUT2D eigenvalue weighted by Crippen LogP contribution is 2.17. The van der Waals surface area contributed by atoms with Gasteiger partial charge in [0.25, 0.3) is 0 Å². The lowest BCUT2D eigenvalue weighted by Gasteiger charge is -2.25. The molecule has 0 aliphatic heterocycles. The first-order valence-corrected chi connectivity index (χ1v) is 9.28. The third-order valence-electron chi connectivity index (χ3n) is 4.13. The largest absolute Gasteiger partial charge is 0.489 e. The van der Waals surface area contributed by atoms with Crippen LogP contribution in [-0.4, -0.2) is 61.0 Å². The van der Waals surface area contributed by atoms with Crippen LogP contribution in [0.1, 0.15) is 18.5 Å². The Kier molecular flexibility index (Phi) is 10.6. The lowest BCUT2D eigenvalue weighted by Crippen LogP contribution is -2.44. The normalized spacial score (nSPS) is 13.6. The number of nitrogens with zero attached hydrogens (tertiary/aromatic N) is 4. The molecule has 0 saturated carbocycles. The minimum absolute atomic E-state index is 0. The van der Waals surface area contributed by atoms with Gasteiger partial charge in [-0.3, -0.25) is 9.67 Å². The summed E-state index contributed by atoms with van der Waals surface area (Å²) in [4.78, 5) is 6.45. The quantitative estimate of drug-likeness (QED) is 0.318. The predicted molar refractivity (Wildman–Crippen MR) is 126 cm³/mol. The maximum absolute atomic E-state index is 5.90. The van der Waals surface area contributed by atoms with Gasteiger partial charge in [-0.05, 0) is 45.3 Å². The Bertz CT molecular complexity index is 734. The van der Waals surface area contributed by atoms with Gasteiger partial charge in [0.15, 0.2) is 5.96 Å². The van der Waals surface area contributed by atoms with Gasteiger partial charge in [0, 0.05) is 37.4 Å². The van der Waals surface area contributed by atoms with Crippen LogP contribution in [0.2, 0.25) is 5.02 Å². The first-order valence-electron chi connectivity index (χ1n) is 8.90. The van der Waals surface area contributed by atoms with E-state index in [4.69, 9.17) is 16.3 Å². The van der Waals surface area contributed by atoms with Crippen molar-refractivity contribution in [2.24, 2.45) is 12.0 Å². The summed E-state index contributed by atoms with van der Waals surface area (Å²) in [6.07, 6.45) is 3.91. The summed E-state index contributed by atoms with van der Waals surface area (Å²) in [5.41, 5.74) is 1.16. The number of guanidine groups is 1. The molecule has 2 N–H and O–H groups in total. The van der Waals surface area contributed by atoms with Crippen LogP contribution >= 0.6 is 35.6 Å². The zero-order chi connectivity index (χ0) is 19.8. The summed E-state index contributed by atoms with van der Waals surface area (Å²) in [7, 11) is 7.79. The Morgan fingerprint density at radius 1 is 1.25 bits per heavy atom. The molecule has 9 heteroatoms. The predicted octanol–water partition coefficient (Wildman–Crippen LogP) is 2.93. The van der Waals surface area contributed by atoms with Crippen molar-refractivity contribution < 1.29 is 4.74 Å². The van der Waals surface area contributed by atoms with Gasteiger partial charge in [-0.15, -0.1) is 24.0 Å². The number of benzene rings is 1. The van der Waals surface area contributed by atoms with E-state index in [1.165, 1.54) is 0 Å². The first-order chi connectivity index (χ1) is 12.9. The molecule has 0 bridgehead atoms. The van der Waals surface area contributed by atoms with E-state index in [-0.39, 0.29) is 36.1 Å². The molecule has 7 nitrogen and oxygen atoms in total. The zero-order valence-corrected chi connectivity index (χ0v) is 20.1. The van der Waals surface area contributed by atoms with Crippen LogP contribution in [0.15, 0.2) is 41.7 Å². The van der Waals surface area contributed by atoms with E-state index in [1.54, 1.807) is 7.05 Å². The number of likely N-dealkylation sites (N-methyl/N-ethyl adjacent to an activating group) is 1. The molecule has 1 heterocycles. The third-order valence-corrected chi connectivity index (χ3v) is 4.38. The van der Waals surface area contributed by atoms with Gasteiger partial charge in [0.2, 0.25) is 0 Å². The van der Waals surface area contributed by atoms with Crippen molar-refractivity contribution in [3.63, 3.8) is 0 Å². The highest BCUT2D eigenvalue weighted by molar-refractivity contribution is 14.0. The van der Waals surface area contributed by atoms with Gasteiger partial charge in [0.1, 0.15) is 11.9 Å². The van der Waals surface area contributed by atoms with Crippen molar-refractivity contribution in [2.75, 3.05) is 34.2 Å². The monoisotopic (exact) mass is 520 g/mol. The summed E-state index contributed by atoms with van der Waals surface area (Å²) in [5.74, 6) is 1.53. The zero-order valence-electron chi connectivity index (χ0n) is 17.0. The van der Waals surface area contributed by atoms with E-state index < -0.39 is 0 Å². The Morgan fingerprint density at radius 3 is 2.43 bits per heavy atom. The van der Waals surface area contributed by atoms with Crippen molar-refractivity contribution >= 4 is 41.5 Å². The lowest BCUT2D eigenvalue weighted by molar-refractivity contribution is 0.223. The molecule has 1 aromatic heterocycles. The summed E-state index contributed by atoms with van der Waals surface area (Å²) in [6, 6.07) is 7.55. The second kappa shape index (κ2) is 12.1. The van der Waals surface area contributed by atoms with Crippen LogP contribution in [-0.2, 0) is 7.05 Å². The van der Waals surface area contributed by atoms with Gasteiger partial charge < -0.3 is 20.3 Å². The number of nitrogens with one attached hydrogen (secondary N) is 2. The van der Waals surface area contributed by atoms with Gasteiger partial charge in [-0.2, -0.15) is 5.10 Å².